The van der Waals surface area contributed by atoms with Crippen molar-refractivity contribution in [1.29, 1.82) is 0 Å². The summed E-state index contributed by atoms with van der Waals surface area (Å²) in [6.07, 6.45) is 28.5. The van der Waals surface area contributed by atoms with E-state index in [0.717, 1.165) is 12.8 Å². The first kappa shape index (κ1) is 26.9. The molecule has 30 heavy (non-hydrogen) atoms. The maximum atomic E-state index is 12.6. The molecule has 0 aromatic rings. The van der Waals surface area contributed by atoms with Gasteiger partial charge in [0.15, 0.2) is 0 Å². The first-order chi connectivity index (χ1) is 14.5. The number of Topliss-reactive ketones (excluding diaryl/α,β-unsaturated/α-hetero) is 2. The minimum absolute atomic E-state index is 0.0709. The third-order valence-corrected chi connectivity index (χ3v) is 6.92. The number of unbranched alkanes of at least 4 members (excludes halogenated alkanes) is 14. The molecule has 0 N–H and O–H groups in total. The second-order valence-corrected chi connectivity index (χ2v) is 9.65. The molecule has 172 valence electrons. The van der Waals surface area contributed by atoms with Gasteiger partial charge in [0.25, 0.3) is 0 Å². The zero-order valence-corrected chi connectivity index (χ0v) is 20.2. The fourth-order valence-corrected chi connectivity index (χ4v) is 4.34. The van der Waals surface area contributed by atoms with Gasteiger partial charge in [-0.05, 0) is 19.3 Å². The smallest absolute Gasteiger partial charge is 0.150 e. The number of allylic oxidation sites excluding steroid dienone is 4. The summed E-state index contributed by atoms with van der Waals surface area (Å²) in [5.74, 6) is 0.348. The Kier molecular flexibility index (Phi) is 14.8. The summed E-state index contributed by atoms with van der Waals surface area (Å²) in [5, 5.41) is 0. The summed E-state index contributed by atoms with van der Waals surface area (Å²) in [4.78, 5) is 24.8. The van der Waals surface area contributed by atoms with Gasteiger partial charge >= 0.3 is 0 Å². The van der Waals surface area contributed by atoms with Crippen molar-refractivity contribution < 1.29 is 9.59 Å². The molecule has 1 rings (SSSR count). The molecule has 1 aliphatic carbocycles. The van der Waals surface area contributed by atoms with Crippen LogP contribution in [0.4, 0.5) is 0 Å². The van der Waals surface area contributed by atoms with E-state index in [0.29, 0.717) is 6.42 Å². The SMILES string of the molecule is CCCCCCCCCCCCCCCCCC(=O)CC(=O)C1(C)C=CC=CC1C. The van der Waals surface area contributed by atoms with Gasteiger partial charge in [-0.3, -0.25) is 9.59 Å². The van der Waals surface area contributed by atoms with Gasteiger partial charge < -0.3 is 0 Å². The van der Waals surface area contributed by atoms with Crippen molar-refractivity contribution in [2.45, 2.75) is 130 Å². The Labute approximate surface area is 187 Å². The molecule has 2 atom stereocenters. The van der Waals surface area contributed by atoms with Crippen LogP contribution in [0.2, 0.25) is 0 Å². The van der Waals surface area contributed by atoms with Gasteiger partial charge in [-0.15, -0.1) is 0 Å². The van der Waals surface area contributed by atoms with Crippen molar-refractivity contribution in [3.8, 4) is 0 Å². The number of hydrogen-bond donors (Lipinski definition) is 0. The predicted molar refractivity (Wildman–Crippen MR) is 130 cm³/mol. The van der Waals surface area contributed by atoms with E-state index in [9.17, 15) is 9.59 Å². The highest BCUT2D eigenvalue weighted by Gasteiger charge is 2.36. The Morgan fingerprint density at radius 1 is 0.733 bits per heavy atom. The van der Waals surface area contributed by atoms with Crippen LogP contribution in [-0.2, 0) is 9.59 Å². The second-order valence-electron chi connectivity index (χ2n) is 9.65. The van der Waals surface area contributed by atoms with Crippen molar-refractivity contribution in [2.24, 2.45) is 11.3 Å². The lowest BCUT2D eigenvalue weighted by molar-refractivity contribution is -0.132. The van der Waals surface area contributed by atoms with Crippen LogP contribution in [0.1, 0.15) is 130 Å². The largest absolute Gasteiger partial charge is 0.299 e. The van der Waals surface area contributed by atoms with E-state index in [1.54, 1.807) is 0 Å². The molecule has 0 heterocycles. The molecule has 0 aromatic heterocycles. The quantitative estimate of drug-likeness (QED) is 0.156. The van der Waals surface area contributed by atoms with E-state index < -0.39 is 5.41 Å². The van der Waals surface area contributed by atoms with E-state index in [4.69, 9.17) is 0 Å². The standard InChI is InChI=1S/C28H48O2/c1-4-5-6-7-8-9-10-11-12-13-14-15-16-17-18-22-26(29)24-27(30)28(3)23-20-19-21-25(28)2/h19-21,23,25H,4-18,22,24H2,1-3H3. The third-order valence-electron chi connectivity index (χ3n) is 6.92. The summed E-state index contributed by atoms with van der Waals surface area (Å²) < 4.78 is 0. The van der Waals surface area contributed by atoms with Crippen LogP contribution >= 0.6 is 0 Å². The molecule has 0 fully saturated rings. The molecule has 2 unspecified atom stereocenters. The molecule has 0 aromatic carbocycles. The fourth-order valence-electron chi connectivity index (χ4n) is 4.34. The molecule has 0 bridgehead atoms. The van der Waals surface area contributed by atoms with Crippen LogP contribution in [-0.4, -0.2) is 11.6 Å². The van der Waals surface area contributed by atoms with Crippen molar-refractivity contribution in [1.82, 2.24) is 0 Å². The summed E-state index contributed by atoms with van der Waals surface area (Å²) in [6.45, 7) is 6.29. The first-order valence-corrected chi connectivity index (χ1v) is 12.9. The number of hydrogen-bond acceptors (Lipinski definition) is 2. The van der Waals surface area contributed by atoms with Crippen molar-refractivity contribution in [3.63, 3.8) is 0 Å². The second kappa shape index (κ2) is 16.5. The minimum atomic E-state index is -0.514. The number of carbonyl (C=O) groups is 2. The monoisotopic (exact) mass is 416 g/mol. The fraction of sp³-hybridized carbons (Fsp3) is 0.786. The zero-order valence-electron chi connectivity index (χ0n) is 20.2. The van der Waals surface area contributed by atoms with Crippen LogP contribution in [0.5, 0.6) is 0 Å². The summed E-state index contributed by atoms with van der Waals surface area (Å²) in [5.41, 5.74) is -0.514. The Balaban J connectivity index is 1.92. The van der Waals surface area contributed by atoms with E-state index in [2.05, 4.69) is 19.9 Å². The Bertz CT molecular complexity index is 531. The van der Waals surface area contributed by atoms with Gasteiger partial charge in [-0.1, -0.05) is 128 Å². The van der Waals surface area contributed by atoms with Crippen molar-refractivity contribution >= 4 is 11.6 Å². The van der Waals surface area contributed by atoms with E-state index in [-0.39, 0.29) is 23.9 Å². The lowest BCUT2D eigenvalue weighted by Crippen LogP contribution is -2.34. The van der Waals surface area contributed by atoms with Crippen LogP contribution in [0.3, 0.4) is 0 Å². The molecule has 0 radical (unpaired) electrons. The van der Waals surface area contributed by atoms with Gasteiger partial charge in [0.1, 0.15) is 11.6 Å². The van der Waals surface area contributed by atoms with Crippen LogP contribution in [0.15, 0.2) is 24.3 Å². The molecule has 0 amide bonds. The number of ketones is 2. The Morgan fingerprint density at radius 2 is 1.20 bits per heavy atom. The van der Waals surface area contributed by atoms with Gasteiger partial charge in [0.05, 0.1) is 11.8 Å². The number of rotatable bonds is 19. The highest BCUT2D eigenvalue weighted by atomic mass is 16.1. The molecular weight excluding hydrogens is 368 g/mol. The Morgan fingerprint density at radius 3 is 1.67 bits per heavy atom. The molecule has 0 spiro atoms. The van der Waals surface area contributed by atoms with Gasteiger partial charge in [0.2, 0.25) is 0 Å². The molecular formula is C28H48O2. The first-order valence-electron chi connectivity index (χ1n) is 12.9. The Hall–Kier alpha value is -1.18. The topological polar surface area (TPSA) is 34.1 Å². The average Bonchev–Trinajstić information content (AvgIpc) is 2.73. The summed E-state index contributed by atoms with van der Waals surface area (Å²) >= 11 is 0. The van der Waals surface area contributed by atoms with E-state index in [1.165, 1.54) is 83.5 Å². The molecule has 0 saturated carbocycles. The van der Waals surface area contributed by atoms with Crippen molar-refractivity contribution in [2.75, 3.05) is 0 Å². The lowest BCUT2D eigenvalue weighted by Gasteiger charge is -2.31. The van der Waals surface area contributed by atoms with Gasteiger partial charge in [-0.2, -0.15) is 0 Å². The van der Waals surface area contributed by atoms with E-state index in [1.807, 2.05) is 25.2 Å². The highest BCUT2D eigenvalue weighted by molar-refractivity contribution is 6.02. The van der Waals surface area contributed by atoms with E-state index >= 15 is 0 Å². The minimum Gasteiger partial charge on any atom is -0.299 e. The molecule has 2 nitrogen and oxygen atoms in total. The maximum Gasteiger partial charge on any atom is 0.150 e. The highest BCUT2D eigenvalue weighted by Crippen LogP contribution is 2.35. The van der Waals surface area contributed by atoms with Crippen LogP contribution < -0.4 is 0 Å². The molecule has 0 aliphatic heterocycles. The predicted octanol–water partition coefficient (Wildman–Crippen LogP) is 8.54. The summed E-state index contributed by atoms with van der Waals surface area (Å²) in [6, 6.07) is 0. The third kappa shape index (κ3) is 11.3. The summed E-state index contributed by atoms with van der Waals surface area (Å²) in [7, 11) is 0. The van der Waals surface area contributed by atoms with Crippen LogP contribution in [0.25, 0.3) is 0 Å². The maximum absolute atomic E-state index is 12.6. The molecule has 1 aliphatic rings. The zero-order chi connectivity index (χ0) is 22.1. The van der Waals surface area contributed by atoms with Crippen molar-refractivity contribution in [3.05, 3.63) is 24.3 Å². The normalized spacial score (nSPS) is 20.6. The van der Waals surface area contributed by atoms with Crippen LogP contribution in [0, 0.1) is 11.3 Å². The molecule has 2 heteroatoms. The molecule has 0 saturated heterocycles. The van der Waals surface area contributed by atoms with Gasteiger partial charge in [-0.25, -0.2) is 0 Å². The average molecular weight is 417 g/mol. The lowest BCUT2D eigenvalue weighted by atomic mass is 9.71. The number of carbonyl (C=O) groups excluding carboxylic acids is 2. The van der Waals surface area contributed by atoms with Gasteiger partial charge in [0, 0.05) is 6.42 Å².